The van der Waals surface area contributed by atoms with E-state index in [9.17, 15) is 9.59 Å². The Bertz CT molecular complexity index is 742. The number of methoxy groups -OCH3 is 1. The predicted octanol–water partition coefficient (Wildman–Crippen LogP) is 2.16. The molecular formula is C22H31N3O3. The van der Waals surface area contributed by atoms with Crippen LogP contribution in [0.25, 0.3) is 0 Å². The Hall–Kier alpha value is -2.08. The number of amides is 2. The number of likely N-dealkylation sites (tertiary alicyclic amines) is 2. The average molecular weight is 386 g/mol. The SMILES string of the molecule is COc1cccc(CN2CC3(CCN(C(=O)[C@@H]4CC[C@H](N)C4)CC3)CC2=O)c1. The van der Waals surface area contributed by atoms with Crippen molar-refractivity contribution in [3.63, 3.8) is 0 Å². The van der Waals surface area contributed by atoms with Crippen molar-refractivity contribution >= 4 is 11.8 Å². The normalized spacial score (nSPS) is 26.9. The topological polar surface area (TPSA) is 75.9 Å². The number of piperidine rings is 1. The average Bonchev–Trinajstić information content (AvgIpc) is 3.25. The largest absolute Gasteiger partial charge is 0.497 e. The van der Waals surface area contributed by atoms with E-state index in [1.165, 1.54) is 0 Å². The molecule has 4 rings (SSSR count). The van der Waals surface area contributed by atoms with E-state index in [1.54, 1.807) is 7.11 Å². The first-order chi connectivity index (χ1) is 13.5. The van der Waals surface area contributed by atoms with Gasteiger partial charge in [0.05, 0.1) is 7.11 Å². The molecule has 6 nitrogen and oxygen atoms in total. The second-order valence-corrected chi connectivity index (χ2v) is 8.87. The van der Waals surface area contributed by atoms with E-state index < -0.39 is 0 Å². The molecule has 152 valence electrons. The molecule has 2 heterocycles. The van der Waals surface area contributed by atoms with Crippen LogP contribution in [0.2, 0.25) is 0 Å². The summed E-state index contributed by atoms with van der Waals surface area (Å²) in [6.45, 7) is 2.95. The Kier molecular flexibility index (Phi) is 5.32. The van der Waals surface area contributed by atoms with Gasteiger partial charge in [0.1, 0.15) is 5.75 Å². The van der Waals surface area contributed by atoms with Gasteiger partial charge in [0, 0.05) is 50.0 Å². The highest BCUT2D eigenvalue weighted by Crippen LogP contribution is 2.42. The molecule has 2 atom stereocenters. The van der Waals surface area contributed by atoms with Crippen molar-refractivity contribution in [1.29, 1.82) is 0 Å². The number of rotatable bonds is 4. The van der Waals surface area contributed by atoms with E-state index >= 15 is 0 Å². The van der Waals surface area contributed by atoms with Crippen molar-refractivity contribution in [2.75, 3.05) is 26.7 Å². The number of nitrogens with zero attached hydrogens (tertiary/aromatic N) is 2. The van der Waals surface area contributed by atoms with Crippen molar-refractivity contribution in [2.24, 2.45) is 17.1 Å². The Labute approximate surface area is 167 Å². The first kappa shape index (κ1) is 19.2. The van der Waals surface area contributed by atoms with E-state index in [4.69, 9.17) is 10.5 Å². The first-order valence-electron chi connectivity index (χ1n) is 10.4. The first-order valence-corrected chi connectivity index (χ1v) is 10.4. The molecule has 6 heteroatoms. The summed E-state index contributed by atoms with van der Waals surface area (Å²) < 4.78 is 5.29. The van der Waals surface area contributed by atoms with Crippen LogP contribution in [0, 0.1) is 11.3 Å². The molecule has 1 aromatic carbocycles. The highest BCUT2D eigenvalue weighted by molar-refractivity contribution is 5.81. The van der Waals surface area contributed by atoms with Gasteiger partial charge in [0.15, 0.2) is 0 Å². The molecule has 2 aliphatic heterocycles. The molecule has 1 spiro atoms. The lowest BCUT2D eigenvalue weighted by atomic mass is 9.77. The van der Waals surface area contributed by atoms with Gasteiger partial charge in [-0.15, -0.1) is 0 Å². The molecule has 1 saturated carbocycles. The zero-order chi connectivity index (χ0) is 19.7. The van der Waals surface area contributed by atoms with Gasteiger partial charge in [-0.3, -0.25) is 9.59 Å². The van der Waals surface area contributed by atoms with Crippen molar-refractivity contribution in [3.8, 4) is 5.75 Å². The minimum absolute atomic E-state index is 0.0266. The summed E-state index contributed by atoms with van der Waals surface area (Å²) in [5, 5.41) is 0. The molecule has 0 radical (unpaired) electrons. The van der Waals surface area contributed by atoms with Gasteiger partial charge >= 0.3 is 0 Å². The predicted molar refractivity (Wildman–Crippen MR) is 107 cm³/mol. The Morgan fingerprint density at radius 1 is 1.29 bits per heavy atom. The van der Waals surface area contributed by atoms with Crippen LogP contribution in [-0.4, -0.2) is 54.4 Å². The zero-order valence-electron chi connectivity index (χ0n) is 16.7. The second kappa shape index (κ2) is 7.74. The van der Waals surface area contributed by atoms with E-state index in [0.717, 1.165) is 63.1 Å². The number of hydrogen-bond acceptors (Lipinski definition) is 4. The third-order valence-corrected chi connectivity index (χ3v) is 6.87. The van der Waals surface area contributed by atoms with Crippen LogP contribution in [0.5, 0.6) is 5.75 Å². The van der Waals surface area contributed by atoms with Crippen LogP contribution in [0.15, 0.2) is 24.3 Å². The number of benzene rings is 1. The van der Waals surface area contributed by atoms with Crippen LogP contribution >= 0.6 is 0 Å². The maximum atomic E-state index is 12.8. The van der Waals surface area contributed by atoms with Crippen LogP contribution in [0.3, 0.4) is 0 Å². The quantitative estimate of drug-likeness (QED) is 0.862. The standard InChI is InChI=1S/C22H31N3O3/c1-28-19-4-2-3-16(11-19)14-25-15-22(13-20(25)26)7-9-24(10-8-22)21(27)17-5-6-18(23)12-17/h2-4,11,17-18H,5-10,12-15,23H2,1H3/t17-,18+/m1/s1. The Morgan fingerprint density at radius 2 is 2.07 bits per heavy atom. The molecule has 28 heavy (non-hydrogen) atoms. The van der Waals surface area contributed by atoms with Crippen molar-refractivity contribution in [3.05, 3.63) is 29.8 Å². The van der Waals surface area contributed by atoms with Crippen LogP contribution in [-0.2, 0) is 16.1 Å². The number of carbonyl (C=O) groups excluding carboxylic acids is 2. The molecule has 1 aliphatic carbocycles. The van der Waals surface area contributed by atoms with Gasteiger partial charge in [-0.2, -0.15) is 0 Å². The van der Waals surface area contributed by atoms with E-state index in [-0.39, 0.29) is 29.2 Å². The maximum absolute atomic E-state index is 12.8. The molecule has 0 aromatic heterocycles. The van der Waals surface area contributed by atoms with Crippen molar-refractivity contribution in [1.82, 2.24) is 9.80 Å². The van der Waals surface area contributed by atoms with Gasteiger partial charge in [0.25, 0.3) is 0 Å². The fourth-order valence-corrected chi connectivity index (χ4v) is 5.15. The fraction of sp³-hybridized carbons (Fsp3) is 0.636. The monoisotopic (exact) mass is 385 g/mol. The van der Waals surface area contributed by atoms with E-state index in [2.05, 4.69) is 0 Å². The van der Waals surface area contributed by atoms with Gasteiger partial charge in [0.2, 0.25) is 11.8 Å². The minimum atomic E-state index is 0.0266. The summed E-state index contributed by atoms with van der Waals surface area (Å²) in [7, 11) is 1.66. The highest BCUT2D eigenvalue weighted by Gasteiger charge is 2.46. The number of carbonyl (C=O) groups is 2. The molecule has 3 fully saturated rings. The smallest absolute Gasteiger partial charge is 0.225 e. The second-order valence-electron chi connectivity index (χ2n) is 8.87. The summed E-state index contributed by atoms with van der Waals surface area (Å²) >= 11 is 0. The van der Waals surface area contributed by atoms with E-state index in [1.807, 2.05) is 34.1 Å². The van der Waals surface area contributed by atoms with Crippen LogP contribution in [0.4, 0.5) is 0 Å². The van der Waals surface area contributed by atoms with Gasteiger partial charge in [-0.25, -0.2) is 0 Å². The molecule has 2 saturated heterocycles. The number of hydrogen-bond donors (Lipinski definition) is 1. The lowest BCUT2D eigenvalue weighted by molar-refractivity contribution is -0.137. The summed E-state index contributed by atoms with van der Waals surface area (Å²) in [6, 6.07) is 8.09. The number of nitrogens with two attached hydrogens (primary N) is 1. The molecule has 2 N–H and O–H groups in total. The summed E-state index contributed by atoms with van der Waals surface area (Å²) in [5.41, 5.74) is 7.10. The molecule has 0 unspecified atom stereocenters. The number of ether oxygens (including phenoxy) is 1. The summed E-state index contributed by atoms with van der Waals surface area (Å²) in [4.78, 5) is 29.4. The Balaban J connectivity index is 1.34. The van der Waals surface area contributed by atoms with E-state index in [0.29, 0.717) is 13.0 Å². The van der Waals surface area contributed by atoms with Gasteiger partial charge in [-0.05, 0) is 49.8 Å². The van der Waals surface area contributed by atoms with Gasteiger partial charge < -0.3 is 20.3 Å². The Morgan fingerprint density at radius 3 is 2.75 bits per heavy atom. The zero-order valence-corrected chi connectivity index (χ0v) is 16.7. The van der Waals surface area contributed by atoms with Crippen molar-refractivity contribution in [2.45, 2.75) is 51.1 Å². The highest BCUT2D eigenvalue weighted by atomic mass is 16.5. The van der Waals surface area contributed by atoms with Crippen molar-refractivity contribution < 1.29 is 14.3 Å². The molecule has 0 bridgehead atoms. The molecular weight excluding hydrogens is 354 g/mol. The fourth-order valence-electron chi connectivity index (χ4n) is 5.15. The molecule has 2 amide bonds. The lowest BCUT2D eigenvalue weighted by Crippen LogP contribution is -2.46. The molecule has 1 aromatic rings. The maximum Gasteiger partial charge on any atom is 0.225 e. The molecule has 3 aliphatic rings. The van der Waals surface area contributed by atoms with Crippen LogP contribution in [0.1, 0.15) is 44.1 Å². The lowest BCUT2D eigenvalue weighted by Gasteiger charge is -2.39. The summed E-state index contributed by atoms with van der Waals surface area (Å²) in [6.07, 6.45) is 5.15. The minimum Gasteiger partial charge on any atom is -0.497 e. The van der Waals surface area contributed by atoms with Crippen LogP contribution < -0.4 is 10.5 Å². The summed E-state index contributed by atoms with van der Waals surface area (Å²) in [5.74, 6) is 1.43. The third kappa shape index (κ3) is 3.88. The van der Waals surface area contributed by atoms with Gasteiger partial charge in [-0.1, -0.05) is 12.1 Å². The third-order valence-electron chi connectivity index (χ3n) is 6.87.